The largest absolute Gasteiger partial charge is 0.507 e. The molecule has 1 nitrogen and oxygen atoms in total. The summed E-state index contributed by atoms with van der Waals surface area (Å²) >= 11 is 7.35. The molecule has 0 amide bonds. The molecule has 0 fully saturated rings. The van der Waals surface area contributed by atoms with Crippen molar-refractivity contribution in [1.82, 2.24) is 0 Å². The number of phenols is 1. The van der Waals surface area contributed by atoms with E-state index in [0.717, 1.165) is 12.1 Å². The number of hydrogen-bond donors (Lipinski definition) is 1. The van der Waals surface area contributed by atoms with E-state index in [9.17, 15) is 4.39 Å². The second kappa shape index (κ2) is 2.92. The SMILES string of the molecule is Oc1cc(F)cc(Cl)c1I. The van der Waals surface area contributed by atoms with E-state index >= 15 is 0 Å². The zero-order valence-corrected chi connectivity index (χ0v) is 7.65. The van der Waals surface area contributed by atoms with E-state index in [0.29, 0.717) is 3.57 Å². The van der Waals surface area contributed by atoms with Crippen molar-refractivity contribution in [2.75, 3.05) is 0 Å². The minimum absolute atomic E-state index is 0.120. The van der Waals surface area contributed by atoms with Crippen molar-refractivity contribution in [3.8, 4) is 5.75 Å². The molecule has 0 saturated heterocycles. The average Bonchev–Trinajstić information content (AvgIpc) is 1.82. The highest BCUT2D eigenvalue weighted by atomic mass is 127. The van der Waals surface area contributed by atoms with Gasteiger partial charge in [-0.1, -0.05) is 11.6 Å². The van der Waals surface area contributed by atoms with Crippen molar-refractivity contribution < 1.29 is 9.50 Å². The molecule has 0 aliphatic heterocycles. The number of phenolic OH excluding ortho intramolecular Hbond substituents is 1. The van der Waals surface area contributed by atoms with Crippen molar-refractivity contribution in [3.63, 3.8) is 0 Å². The molecule has 0 saturated carbocycles. The van der Waals surface area contributed by atoms with Crippen LogP contribution in [0, 0.1) is 9.39 Å². The molecular formula is C6H3ClFIO. The van der Waals surface area contributed by atoms with Crippen molar-refractivity contribution in [3.05, 3.63) is 26.5 Å². The molecule has 0 radical (unpaired) electrons. The first-order chi connectivity index (χ1) is 4.61. The first kappa shape index (κ1) is 8.07. The third-order valence-corrected chi connectivity index (χ3v) is 2.72. The molecule has 0 aliphatic carbocycles. The maximum absolute atomic E-state index is 12.4. The number of hydrogen-bond acceptors (Lipinski definition) is 1. The van der Waals surface area contributed by atoms with E-state index < -0.39 is 5.82 Å². The van der Waals surface area contributed by atoms with E-state index in [-0.39, 0.29) is 10.8 Å². The molecule has 10 heavy (non-hydrogen) atoms. The molecule has 4 heteroatoms. The predicted octanol–water partition coefficient (Wildman–Crippen LogP) is 2.79. The molecule has 0 spiro atoms. The van der Waals surface area contributed by atoms with E-state index in [2.05, 4.69) is 0 Å². The first-order valence-corrected chi connectivity index (χ1v) is 3.90. The maximum atomic E-state index is 12.4. The highest BCUT2D eigenvalue weighted by Crippen LogP contribution is 2.27. The molecule has 1 N–H and O–H groups in total. The predicted molar refractivity (Wildman–Crippen MR) is 45.8 cm³/mol. The number of rotatable bonds is 0. The quantitative estimate of drug-likeness (QED) is 0.569. The van der Waals surface area contributed by atoms with Gasteiger partial charge in [-0.15, -0.1) is 0 Å². The standard InChI is InChI=1S/C6H3ClFIO/c7-4-1-3(8)2-5(10)6(4)9/h1-2,10H. The zero-order valence-electron chi connectivity index (χ0n) is 4.74. The second-order valence-electron chi connectivity index (χ2n) is 1.72. The highest BCUT2D eigenvalue weighted by Gasteiger charge is 2.04. The van der Waals surface area contributed by atoms with Gasteiger partial charge in [0.1, 0.15) is 11.6 Å². The molecule has 0 atom stereocenters. The van der Waals surface area contributed by atoms with Gasteiger partial charge >= 0.3 is 0 Å². The number of benzene rings is 1. The molecule has 0 bridgehead atoms. The van der Waals surface area contributed by atoms with Crippen molar-refractivity contribution in [2.24, 2.45) is 0 Å². The summed E-state index contributed by atoms with van der Waals surface area (Å²) in [6.45, 7) is 0. The van der Waals surface area contributed by atoms with Gasteiger partial charge in [-0.3, -0.25) is 0 Å². The molecule has 54 valence electrons. The van der Waals surface area contributed by atoms with Gasteiger partial charge in [0.05, 0.1) is 8.59 Å². The third-order valence-electron chi connectivity index (χ3n) is 0.974. The van der Waals surface area contributed by atoms with Gasteiger partial charge in [0.15, 0.2) is 0 Å². The second-order valence-corrected chi connectivity index (χ2v) is 3.21. The normalized spacial score (nSPS) is 9.90. The number of halogens is 3. The molecule has 1 rings (SSSR count). The molecule has 0 aliphatic rings. The molecule has 1 aromatic rings. The molecule has 0 heterocycles. The molecule has 0 aromatic heterocycles. The van der Waals surface area contributed by atoms with Crippen molar-refractivity contribution in [2.45, 2.75) is 0 Å². The summed E-state index contributed by atoms with van der Waals surface area (Å²) < 4.78 is 12.8. The van der Waals surface area contributed by atoms with Crippen molar-refractivity contribution in [1.29, 1.82) is 0 Å². The van der Waals surface area contributed by atoms with Crippen molar-refractivity contribution >= 4 is 34.2 Å². The van der Waals surface area contributed by atoms with Crippen LogP contribution in [-0.2, 0) is 0 Å². The minimum Gasteiger partial charge on any atom is -0.507 e. The third kappa shape index (κ3) is 1.52. The van der Waals surface area contributed by atoms with Gasteiger partial charge in [0, 0.05) is 6.07 Å². The Bertz CT molecular complexity index is 241. The Hall–Kier alpha value is -0.0300. The lowest BCUT2D eigenvalue weighted by molar-refractivity contribution is 0.465. The van der Waals surface area contributed by atoms with Crippen LogP contribution in [0.3, 0.4) is 0 Å². The molecular weight excluding hydrogens is 269 g/mol. The number of aromatic hydroxyl groups is 1. The van der Waals surface area contributed by atoms with Crippen LogP contribution in [0.15, 0.2) is 12.1 Å². The Morgan fingerprint density at radius 1 is 1.50 bits per heavy atom. The summed E-state index contributed by atoms with van der Waals surface area (Å²) in [7, 11) is 0. The highest BCUT2D eigenvalue weighted by molar-refractivity contribution is 14.1. The van der Waals surface area contributed by atoms with Crippen LogP contribution in [0.2, 0.25) is 5.02 Å². The van der Waals surface area contributed by atoms with Gasteiger partial charge in [0.25, 0.3) is 0 Å². The summed E-state index contributed by atoms with van der Waals surface area (Å²) in [5.74, 6) is -0.645. The van der Waals surface area contributed by atoms with E-state index in [1.165, 1.54) is 0 Å². The lowest BCUT2D eigenvalue weighted by Gasteiger charge is -1.97. The van der Waals surface area contributed by atoms with Gasteiger partial charge in [-0.25, -0.2) is 4.39 Å². The van der Waals surface area contributed by atoms with E-state index in [4.69, 9.17) is 16.7 Å². The summed E-state index contributed by atoms with van der Waals surface area (Å²) in [6, 6.07) is 2.18. The Morgan fingerprint density at radius 3 is 2.60 bits per heavy atom. The Balaban J connectivity index is 3.31. The van der Waals surface area contributed by atoms with E-state index in [1.54, 1.807) is 0 Å². The van der Waals surface area contributed by atoms with Crippen LogP contribution >= 0.6 is 34.2 Å². The van der Waals surface area contributed by atoms with Gasteiger partial charge in [0.2, 0.25) is 0 Å². The molecule has 0 unspecified atom stereocenters. The van der Waals surface area contributed by atoms with Gasteiger partial charge in [-0.2, -0.15) is 0 Å². The van der Waals surface area contributed by atoms with Crippen LogP contribution in [0.4, 0.5) is 4.39 Å². The lowest BCUT2D eigenvalue weighted by Crippen LogP contribution is -1.79. The topological polar surface area (TPSA) is 20.2 Å². The van der Waals surface area contributed by atoms with Gasteiger partial charge in [-0.05, 0) is 28.7 Å². The van der Waals surface area contributed by atoms with E-state index in [1.807, 2.05) is 22.6 Å². The zero-order chi connectivity index (χ0) is 7.72. The summed E-state index contributed by atoms with van der Waals surface area (Å²) in [6.07, 6.45) is 0. The molecule has 1 aromatic carbocycles. The fourth-order valence-electron chi connectivity index (χ4n) is 0.542. The Labute approximate surface area is 76.0 Å². The summed E-state index contributed by atoms with van der Waals surface area (Å²) in [4.78, 5) is 0. The fourth-order valence-corrected chi connectivity index (χ4v) is 1.05. The van der Waals surface area contributed by atoms with Crippen LogP contribution in [-0.4, -0.2) is 5.11 Å². The van der Waals surface area contributed by atoms with Crippen LogP contribution in [0.1, 0.15) is 0 Å². The van der Waals surface area contributed by atoms with Crippen LogP contribution in [0.5, 0.6) is 5.75 Å². The Morgan fingerprint density at radius 2 is 2.10 bits per heavy atom. The van der Waals surface area contributed by atoms with Crippen LogP contribution < -0.4 is 0 Å². The lowest BCUT2D eigenvalue weighted by atomic mass is 10.3. The average molecular weight is 272 g/mol. The van der Waals surface area contributed by atoms with Crippen LogP contribution in [0.25, 0.3) is 0 Å². The fraction of sp³-hybridized carbons (Fsp3) is 0. The summed E-state index contributed by atoms with van der Waals surface area (Å²) in [5, 5.41) is 9.18. The monoisotopic (exact) mass is 272 g/mol. The Kier molecular flexibility index (Phi) is 2.36. The summed E-state index contributed by atoms with van der Waals surface area (Å²) in [5.41, 5.74) is 0. The smallest absolute Gasteiger partial charge is 0.133 e. The first-order valence-electron chi connectivity index (χ1n) is 2.45. The maximum Gasteiger partial charge on any atom is 0.133 e. The minimum atomic E-state index is -0.525. The van der Waals surface area contributed by atoms with Gasteiger partial charge < -0.3 is 5.11 Å².